The molecule has 0 rings (SSSR count). The fraction of sp³-hybridized carbons (Fsp3) is 1.00. The van der Waals surface area contributed by atoms with Crippen LogP contribution in [-0.4, -0.2) is 58.7 Å². The fourth-order valence-electron chi connectivity index (χ4n) is 0.877. The van der Waals surface area contributed by atoms with Gasteiger partial charge in [-0.05, 0) is 13.0 Å². The molecule has 0 heterocycles. The van der Waals surface area contributed by atoms with E-state index in [-0.39, 0.29) is 12.4 Å². The van der Waals surface area contributed by atoms with Crippen LogP contribution in [-0.2, 0) is 19.6 Å². The molecule has 0 radical (unpaired) electrons. The van der Waals surface area contributed by atoms with Crippen LogP contribution in [0, 0.1) is 0 Å². The van der Waals surface area contributed by atoms with Crippen LogP contribution in [0.4, 0.5) is 0 Å². The first-order valence-electron chi connectivity index (χ1n) is 4.79. The van der Waals surface area contributed by atoms with Crippen LogP contribution in [0.1, 0.15) is 6.42 Å². The number of methoxy groups -OCH3 is 1. The summed E-state index contributed by atoms with van der Waals surface area (Å²) in [7, 11) is -2.24. The van der Waals surface area contributed by atoms with E-state index in [0.717, 1.165) is 19.6 Å². The van der Waals surface area contributed by atoms with Gasteiger partial charge >= 0.3 is 0 Å². The van der Waals surface area contributed by atoms with Gasteiger partial charge in [0.15, 0.2) is 0 Å². The molecule has 0 amide bonds. The van der Waals surface area contributed by atoms with Crippen molar-refractivity contribution in [2.75, 3.05) is 45.8 Å². The predicted octanol–water partition coefficient (Wildman–Crippen LogP) is -0.483. The third kappa shape index (κ3) is 13.8. The highest BCUT2D eigenvalue weighted by atomic mass is 32.2. The second-order valence-corrected chi connectivity index (χ2v) is 4.57. The molecule has 0 fully saturated rings. The Morgan fingerprint density at radius 3 is 2.53 bits per heavy atom. The van der Waals surface area contributed by atoms with Crippen LogP contribution in [0.5, 0.6) is 0 Å². The van der Waals surface area contributed by atoms with Gasteiger partial charge in [-0.2, -0.15) is 8.42 Å². The number of hydrogen-bond acceptors (Lipinski definition) is 5. The second-order valence-electron chi connectivity index (χ2n) is 2.99. The van der Waals surface area contributed by atoms with Crippen molar-refractivity contribution in [1.29, 1.82) is 0 Å². The van der Waals surface area contributed by atoms with Crippen LogP contribution in [0.2, 0.25) is 0 Å². The highest BCUT2D eigenvalue weighted by Gasteiger charge is 2.02. The van der Waals surface area contributed by atoms with Crippen molar-refractivity contribution in [3.05, 3.63) is 0 Å². The second kappa shape index (κ2) is 9.05. The van der Waals surface area contributed by atoms with Crippen molar-refractivity contribution in [2.45, 2.75) is 6.42 Å². The standard InChI is InChI=1S/C8H19NO5S/c1-13-5-2-3-9-4-6-14-7-8-15(10,11)12/h9H,2-8H2,1H3,(H,10,11,12). The molecular formula is C8H19NO5S. The Morgan fingerprint density at radius 1 is 1.20 bits per heavy atom. The zero-order valence-corrected chi connectivity index (χ0v) is 9.75. The lowest BCUT2D eigenvalue weighted by molar-refractivity contribution is 0.148. The average molecular weight is 241 g/mol. The van der Waals surface area contributed by atoms with E-state index in [1.54, 1.807) is 7.11 Å². The molecule has 0 atom stereocenters. The summed E-state index contributed by atoms with van der Waals surface area (Å²) in [4.78, 5) is 0. The number of hydrogen-bond donors (Lipinski definition) is 2. The number of rotatable bonds is 10. The van der Waals surface area contributed by atoms with E-state index in [0.29, 0.717) is 13.2 Å². The summed E-state index contributed by atoms with van der Waals surface area (Å²) in [6.07, 6.45) is 0.932. The molecule has 0 aromatic heterocycles. The lowest BCUT2D eigenvalue weighted by Gasteiger charge is -2.05. The van der Waals surface area contributed by atoms with Gasteiger partial charge in [-0.1, -0.05) is 0 Å². The topological polar surface area (TPSA) is 84.9 Å². The van der Waals surface area contributed by atoms with E-state index in [1.165, 1.54) is 0 Å². The molecular weight excluding hydrogens is 222 g/mol. The van der Waals surface area contributed by atoms with Crippen LogP contribution in [0.25, 0.3) is 0 Å². The smallest absolute Gasteiger partial charge is 0.267 e. The van der Waals surface area contributed by atoms with Gasteiger partial charge in [0.25, 0.3) is 10.1 Å². The van der Waals surface area contributed by atoms with Gasteiger partial charge in [-0.15, -0.1) is 0 Å². The van der Waals surface area contributed by atoms with Gasteiger partial charge in [-0.3, -0.25) is 4.55 Å². The molecule has 0 spiro atoms. The van der Waals surface area contributed by atoms with E-state index < -0.39 is 10.1 Å². The summed E-state index contributed by atoms with van der Waals surface area (Å²) in [5.41, 5.74) is 0. The molecule has 2 N–H and O–H groups in total. The van der Waals surface area contributed by atoms with Crippen LogP contribution >= 0.6 is 0 Å². The first kappa shape index (κ1) is 14.8. The maximum Gasteiger partial charge on any atom is 0.267 e. The van der Waals surface area contributed by atoms with Crippen molar-refractivity contribution in [2.24, 2.45) is 0 Å². The molecule has 0 unspecified atom stereocenters. The lowest BCUT2D eigenvalue weighted by Crippen LogP contribution is -2.23. The minimum Gasteiger partial charge on any atom is -0.385 e. The summed E-state index contributed by atoms with van der Waals surface area (Å²) in [6, 6.07) is 0. The van der Waals surface area contributed by atoms with E-state index in [1.807, 2.05) is 0 Å². The molecule has 0 aromatic rings. The van der Waals surface area contributed by atoms with E-state index >= 15 is 0 Å². The van der Waals surface area contributed by atoms with E-state index in [9.17, 15) is 8.42 Å². The predicted molar refractivity (Wildman–Crippen MR) is 56.6 cm³/mol. The first-order chi connectivity index (χ1) is 7.06. The summed E-state index contributed by atoms with van der Waals surface area (Å²) in [5.74, 6) is -0.351. The molecule has 0 aliphatic rings. The lowest BCUT2D eigenvalue weighted by atomic mass is 10.4. The Hall–Kier alpha value is -0.210. The fourth-order valence-corrected chi connectivity index (χ4v) is 1.21. The van der Waals surface area contributed by atoms with Crippen LogP contribution in [0.15, 0.2) is 0 Å². The highest BCUT2D eigenvalue weighted by Crippen LogP contribution is 1.83. The molecule has 15 heavy (non-hydrogen) atoms. The van der Waals surface area contributed by atoms with Crippen molar-refractivity contribution in [3.63, 3.8) is 0 Å². The average Bonchev–Trinajstić information content (AvgIpc) is 2.14. The Kier molecular flexibility index (Phi) is 8.92. The summed E-state index contributed by atoms with van der Waals surface area (Å²) < 4.78 is 38.8. The van der Waals surface area contributed by atoms with Crippen molar-refractivity contribution < 1.29 is 22.4 Å². The third-order valence-corrected chi connectivity index (χ3v) is 2.29. The van der Waals surface area contributed by atoms with Gasteiger partial charge in [0.05, 0.1) is 19.0 Å². The van der Waals surface area contributed by atoms with Gasteiger partial charge < -0.3 is 14.8 Å². The normalized spacial score (nSPS) is 11.9. The quantitative estimate of drug-likeness (QED) is 0.397. The number of ether oxygens (including phenoxy) is 2. The van der Waals surface area contributed by atoms with Gasteiger partial charge in [0.2, 0.25) is 0 Å². The van der Waals surface area contributed by atoms with Crippen LogP contribution < -0.4 is 5.32 Å². The maximum atomic E-state index is 10.3. The monoisotopic (exact) mass is 241 g/mol. The molecule has 92 valence electrons. The Labute approximate surface area is 90.7 Å². The van der Waals surface area contributed by atoms with Crippen molar-refractivity contribution in [1.82, 2.24) is 5.32 Å². The minimum atomic E-state index is -3.89. The molecule has 7 heteroatoms. The first-order valence-corrected chi connectivity index (χ1v) is 6.40. The Morgan fingerprint density at radius 2 is 1.93 bits per heavy atom. The molecule has 0 aromatic carbocycles. The minimum absolute atomic E-state index is 0.0264. The zero-order chi connectivity index (χ0) is 11.6. The Bertz CT molecular complexity index is 229. The SMILES string of the molecule is COCCCNCCOCCS(=O)(=O)O. The number of nitrogens with one attached hydrogen (secondary N) is 1. The zero-order valence-electron chi connectivity index (χ0n) is 8.94. The Balaban J connectivity index is 3.06. The van der Waals surface area contributed by atoms with E-state index in [2.05, 4.69) is 5.32 Å². The third-order valence-electron chi connectivity index (χ3n) is 1.61. The van der Waals surface area contributed by atoms with Crippen molar-refractivity contribution >= 4 is 10.1 Å². The molecule has 0 saturated carbocycles. The molecule has 0 aliphatic carbocycles. The molecule has 0 aliphatic heterocycles. The highest BCUT2D eigenvalue weighted by molar-refractivity contribution is 7.85. The summed E-state index contributed by atoms with van der Waals surface area (Å²) in [6.45, 7) is 2.68. The molecule has 0 saturated heterocycles. The van der Waals surface area contributed by atoms with Gasteiger partial charge in [0.1, 0.15) is 0 Å². The summed E-state index contributed by atoms with van der Waals surface area (Å²) >= 11 is 0. The van der Waals surface area contributed by atoms with Crippen molar-refractivity contribution in [3.8, 4) is 0 Å². The molecule has 6 nitrogen and oxygen atoms in total. The summed E-state index contributed by atoms with van der Waals surface area (Å²) in [5, 5.41) is 3.10. The van der Waals surface area contributed by atoms with Gasteiger partial charge in [0, 0.05) is 20.3 Å². The van der Waals surface area contributed by atoms with Crippen LogP contribution in [0.3, 0.4) is 0 Å². The largest absolute Gasteiger partial charge is 0.385 e. The maximum absolute atomic E-state index is 10.3. The van der Waals surface area contributed by atoms with E-state index in [4.69, 9.17) is 14.0 Å². The molecule has 0 bridgehead atoms. The van der Waals surface area contributed by atoms with Gasteiger partial charge in [-0.25, -0.2) is 0 Å².